The molecule has 0 fully saturated rings. The number of rotatable bonds is 3. The molecule has 27 heavy (non-hydrogen) atoms. The summed E-state index contributed by atoms with van der Waals surface area (Å²) in [6.45, 7) is 0. The van der Waals surface area contributed by atoms with Gasteiger partial charge in [-0.15, -0.1) is 0 Å². The monoisotopic (exact) mass is 355 g/mol. The summed E-state index contributed by atoms with van der Waals surface area (Å²) in [6, 6.07) is 20.2. The first kappa shape index (κ1) is 17.9. The Morgan fingerprint density at radius 2 is 1.33 bits per heavy atom. The lowest BCUT2D eigenvalue weighted by atomic mass is 10.0. The van der Waals surface area contributed by atoms with Gasteiger partial charge in [0.05, 0.1) is 11.3 Å². The number of aromatic nitrogens is 3. The van der Waals surface area contributed by atoms with E-state index >= 15 is 0 Å². The van der Waals surface area contributed by atoms with Crippen molar-refractivity contribution in [3.63, 3.8) is 0 Å². The minimum atomic E-state index is -0.879. The zero-order valence-corrected chi connectivity index (χ0v) is 14.4. The van der Waals surface area contributed by atoms with Crippen molar-refractivity contribution in [2.24, 2.45) is 0 Å². The van der Waals surface area contributed by atoms with Crippen molar-refractivity contribution in [2.45, 2.75) is 0 Å². The van der Waals surface area contributed by atoms with Crippen LogP contribution in [0.25, 0.3) is 22.4 Å². The number of carboxylic acid groups (broad SMARTS) is 1. The highest BCUT2D eigenvalue weighted by Gasteiger charge is 2.07. The SMILES string of the molecule is O=C(O)c1ccccc1.c1cncc(-c2cccnc2-c2cccnc2)c1. The largest absolute Gasteiger partial charge is 0.478 e. The maximum absolute atomic E-state index is 10.2. The summed E-state index contributed by atoms with van der Waals surface area (Å²) in [5, 5.41) is 8.38. The van der Waals surface area contributed by atoms with Crippen LogP contribution in [0, 0.1) is 0 Å². The van der Waals surface area contributed by atoms with Gasteiger partial charge in [0.25, 0.3) is 0 Å². The van der Waals surface area contributed by atoms with Gasteiger partial charge in [-0.2, -0.15) is 0 Å². The van der Waals surface area contributed by atoms with Crippen LogP contribution in [0.15, 0.2) is 97.7 Å². The van der Waals surface area contributed by atoms with Crippen LogP contribution in [-0.4, -0.2) is 26.0 Å². The van der Waals surface area contributed by atoms with Crippen molar-refractivity contribution in [1.29, 1.82) is 0 Å². The summed E-state index contributed by atoms with van der Waals surface area (Å²) in [5.41, 5.74) is 4.40. The van der Waals surface area contributed by atoms with E-state index in [0.29, 0.717) is 5.56 Å². The molecule has 0 aliphatic carbocycles. The quantitative estimate of drug-likeness (QED) is 0.582. The Balaban J connectivity index is 0.000000197. The van der Waals surface area contributed by atoms with Gasteiger partial charge in [-0.05, 0) is 36.4 Å². The van der Waals surface area contributed by atoms with E-state index in [1.807, 2.05) is 48.8 Å². The smallest absolute Gasteiger partial charge is 0.335 e. The molecule has 0 unspecified atom stereocenters. The average molecular weight is 355 g/mol. The van der Waals surface area contributed by atoms with E-state index < -0.39 is 5.97 Å². The van der Waals surface area contributed by atoms with E-state index in [1.54, 1.807) is 48.9 Å². The second kappa shape index (κ2) is 9.01. The summed E-state index contributed by atoms with van der Waals surface area (Å²) in [7, 11) is 0. The number of aromatic carboxylic acids is 1. The zero-order chi connectivity index (χ0) is 18.9. The molecule has 3 heterocycles. The third kappa shape index (κ3) is 4.83. The first-order valence-corrected chi connectivity index (χ1v) is 8.30. The Morgan fingerprint density at radius 1 is 0.704 bits per heavy atom. The minimum absolute atomic E-state index is 0.331. The summed E-state index contributed by atoms with van der Waals surface area (Å²) in [4.78, 5) is 23.0. The van der Waals surface area contributed by atoms with Crippen molar-refractivity contribution >= 4 is 5.97 Å². The first-order chi connectivity index (χ1) is 13.3. The molecule has 5 heteroatoms. The highest BCUT2D eigenvalue weighted by atomic mass is 16.4. The van der Waals surface area contributed by atoms with E-state index in [2.05, 4.69) is 15.0 Å². The molecule has 0 spiro atoms. The molecule has 1 aromatic carbocycles. The average Bonchev–Trinajstić information content (AvgIpc) is 2.76. The van der Waals surface area contributed by atoms with E-state index in [1.165, 1.54) is 0 Å². The van der Waals surface area contributed by atoms with Crippen LogP contribution in [0.3, 0.4) is 0 Å². The normalized spacial score (nSPS) is 9.78. The van der Waals surface area contributed by atoms with Gasteiger partial charge in [-0.1, -0.05) is 30.3 Å². The molecule has 3 aromatic heterocycles. The van der Waals surface area contributed by atoms with Gasteiger partial charge >= 0.3 is 5.97 Å². The number of carbonyl (C=O) groups is 1. The molecule has 0 amide bonds. The van der Waals surface area contributed by atoms with Gasteiger partial charge in [0.1, 0.15) is 0 Å². The third-order valence-corrected chi connectivity index (χ3v) is 3.74. The number of carboxylic acids is 1. The van der Waals surface area contributed by atoms with Crippen LogP contribution in [0.1, 0.15) is 10.4 Å². The molecule has 4 aromatic rings. The van der Waals surface area contributed by atoms with Crippen molar-refractivity contribution in [2.75, 3.05) is 0 Å². The topological polar surface area (TPSA) is 76.0 Å². The minimum Gasteiger partial charge on any atom is -0.478 e. The number of hydrogen-bond donors (Lipinski definition) is 1. The summed E-state index contributed by atoms with van der Waals surface area (Å²) < 4.78 is 0. The van der Waals surface area contributed by atoms with E-state index in [-0.39, 0.29) is 0 Å². The third-order valence-electron chi connectivity index (χ3n) is 3.74. The maximum atomic E-state index is 10.2. The summed E-state index contributed by atoms with van der Waals surface area (Å²) >= 11 is 0. The molecule has 4 rings (SSSR count). The fourth-order valence-electron chi connectivity index (χ4n) is 2.47. The van der Waals surface area contributed by atoms with Crippen molar-refractivity contribution < 1.29 is 9.90 Å². The predicted octanol–water partition coefficient (Wildman–Crippen LogP) is 4.59. The van der Waals surface area contributed by atoms with Gasteiger partial charge in [-0.25, -0.2) is 4.79 Å². The molecule has 0 aliphatic rings. The lowest BCUT2D eigenvalue weighted by Gasteiger charge is -2.07. The van der Waals surface area contributed by atoms with E-state index in [4.69, 9.17) is 5.11 Å². The Hall–Kier alpha value is -3.86. The lowest BCUT2D eigenvalue weighted by molar-refractivity contribution is 0.0697. The fraction of sp³-hybridized carbons (Fsp3) is 0. The molecular formula is C22H17N3O2. The molecule has 5 nitrogen and oxygen atoms in total. The fourth-order valence-corrected chi connectivity index (χ4v) is 2.47. The van der Waals surface area contributed by atoms with Crippen LogP contribution in [-0.2, 0) is 0 Å². The molecule has 0 radical (unpaired) electrons. The standard InChI is InChI=1S/C15H11N3.C7H6O2/c1-4-12(10-16-7-1)14-6-3-9-18-15(14)13-5-2-8-17-11-13;8-7(9)6-4-2-1-3-5-6/h1-11H;1-5H,(H,8,9). The van der Waals surface area contributed by atoms with E-state index in [0.717, 1.165) is 22.4 Å². The first-order valence-electron chi connectivity index (χ1n) is 8.30. The highest BCUT2D eigenvalue weighted by molar-refractivity contribution is 5.87. The number of benzene rings is 1. The second-order valence-corrected chi connectivity index (χ2v) is 5.55. The van der Waals surface area contributed by atoms with Gasteiger partial charge in [0.2, 0.25) is 0 Å². The molecule has 0 saturated carbocycles. The second-order valence-electron chi connectivity index (χ2n) is 5.55. The van der Waals surface area contributed by atoms with Crippen LogP contribution < -0.4 is 0 Å². The Kier molecular flexibility index (Phi) is 5.99. The highest BCUT2D eigenvalue weighted by Crippen LogP contribution is 2.28. The molecule has 0 aliphatic heterocycles. The Morgan fingerprint density at radius 3 is 1.89 bits per heavy atom. The number of hydrogen-bond acceptors (Lipinski definition) is 4. The summed E-state index contributed by atoms with van der Waals surface area (Å²) in [6.07, 6.45) is 8.99. The Bertz CT molecular complexity index is 933. The molecule has 0 atom stereocenters. The van der Waals surface area contributed by atoms with Gasteiger partial charge in [-0.3, -0.25) is 15.0 Å². The predicted molar refractivity (Wildman–Crippen MR) is 104 cm³/mol. The van der Waals surface area contributed by atoms with Gasteiger partial charge in [0.15, 0.2) is 0 Å². The number of nitrogens with zero attached hydrogens (tertiary/aromatic N) is 3. The molecule has 0 bridgehead atoms. The molecule has 1 N–H and O–H groups in total. The van der Waals surface area contributed by atoms with Crippen molar-refractivity contribution in [3.8, 4) is 22.4 Å². The molecular weight excluding hydrogens is 338 g/mol. The molecule has 0 saturated heterocycles. The van der Waals surface area contributed by atoms with Gasteiger partial charge in [0, 0.05) is 47.7 Å². The lowest BCUT2D eigenvalue weighted by Crippen LogP contribution is -1.93. The van der Waals surface area contributed by atoms with Crippen molar-refractivity contribution in [3.05, 3.63) is 103 Å². The number of pyridine rings is 3. The summed E-state index contributed by atoms with van der Waals surface area (Å²) in [5.74, 6) is -0.879. The van der Waals surface area contributed by atoms with Crippen LogP contribution in [0.5, 0.6) is 0 Å². The molecule has 132 valence electrons. The van der Waals surface area contributed by atoms with Crippen molar-refractivity contribution in [1.82, 2.24) is 15.0 Å². The van der Waals surface area contributed by atoms with Crippen LogP contribution in [0.2, 0.25) is 0 Å². The maximum Gasteiger partial charge on any atom is 0.335 e. The van der Waals surface area contributed by atoms with Crippen LogP contribution in [0.4, 0.5) is 0 Å². The van der Waals surface area contributed by atoms with E-state index in [9.17, 15) is 4.79 Å². The Labute approximate surface area is 157 Å². The van der Waals surface area contributed by atoms with Crippen LogP contribution >= 0.6 is 0 Å². The zero-order valence-electron chi connectivity index (χ0n) is 14.4. The van der Waals surface area contributed by atoms with Gasteiger partial charge < -0.3 is 5.11 Å².